The van der Waals surface area contributed by atoms with Gasteiger partial charge in [0.2, 0.25) is 0 Å². The van der Waals surface area contributed by atoms with Crippen LogP contribution in [0.4, 0.5) is 5.69 Å². The fourth-order valence-corrected chi connectivity index (χ4v) is 2.59. The molecule has 0 bridgehead atoms. The Labute approximate surface area is 146 Å². The number of hydrogen-bond acceptors (Lipinski definition) is 2. The third-order valence-electron chi connectivity index (χ3n) is 2.77. The minimum atomic E-state index is -0.576. The molecule has 0 aliphatic carbocycles. The van der Waals surface area contributed by atoms with Gasteiger partial charge in [-0.05, 0) is 29.8 Å². The Morgan fingerprint density at radius 3 is 2.36 bits per heavy atom. The number of carbonyl (C=O) groups excluding carboxylic acids is 1. The Hall–Kier alpha value is -1.80. The maximum absolute atomic E-state index is 12.2. The van der Waals surface area contributed by atoms with E-state index in [2.05, 4.69) is 21.2 Å². The summed E-state index contributed by atoms with van der Waals surface area (Å²) in [6, 6.07) is 14.0. The van der Waals surface area contributed by atoms with E-state index in [9.17, 15) is 10.1 Å². The Morgan fingerprint density at radius 1 is 1.14 bits per heavy atom. The predicted molar refractivity (Wildman–Crippen MR) is 92.8 cm³/mol. The summed E-state index contributed by atoms with van der Waals surface area (Å²) in [6.07, 6.45) is 1.49. The molecule has 0 radical (unpaired) electrons. The molecule has 6 heteroatoms. The third-order valence-corrected chi connectivity index (χ3v) is 4.12. The summed E-state index contributed by atoms with van der Waals surface area (Å²) in [5, 5.41) is 12.4. The molecule has 0 aliphatic rings. The second kappa shape index (κ2) is 7.46. The fourth-order valence-electron chi connectivity index (χ4n) is 1.69. The van der Waals surface area contributed by atoms with Gasteiger partial charge < -0.3 is 5.32 Å². The van der Waals surface area contributed by atoms with Crippen molar-refractivity contribution < 1.29 is 4.79 Å². The van der Waals surface area contributed by atoms with Gasteiger partial charge in [-0.1, -0.05) is 63.4 Å². The summed E-state index contributed by atoms with van der Waals surface area (Å²) < 4.78 is 0.784. The molecule has 0 fully saturated rings. The van der Waals surface area contributed by atoms with Crippen molar-refractivity contribution >= 4 is 56.8 Å². The molecule has 110 valence electrons. The molecule has 22 heavy (non-hydrogen) atoms. The molecule has 2 aromatic rings. The van der Waals surface area contributed by atoms with Crippen LogP contribution < -0.4 is 5.32 Å². The van der Waals surface area contributed by atoms with Crippen LogP contribution in [0.5, 0.6) is 0 Å². The van der Waals surface area contributed by atoms with Gasteiger partial charge in [0, 0.05) is 4.47 Å². The number of nitriles is 1. The van der Waals surface area contributed by atoms with Gasteiger partial charge in [-0.15, -0.1) is 0 Å². The van der Waals surface area contributed by atoms with Gasteiger partial charge in [-0.25, -0.2) is 0 Å². The molecule has 0 aliphatic heterocycles. The van der Waals surface area contributed by atoms with E-state index in [1.165, 1.54) is 6.08 Å². The summed E-state index contributed by atoms with van der Waals surface area (Å²) in [7, 11) is 0. The molecular formula is C16H9BrCl2N2O. The number of nitrogens with one attached hydrogen (secondary N) is 1. The lowest BCUT2D eigenvalue weighted by Gasteiger charge is -2.08. The lowest BCUT2D eigenvalue weighted by molar-refractivity contribution is -0.112. The maximum Gasteiger partial charge on any atom is 0.266 e. The second-order valence-corrected chi connectivity index (χ2v) is 5.91. The number of nitrogens with zero attached hydrogens (tertiary/aromatic N) is 1. The van der Waals surface area contributed by atoms with Gasteiger partial charge in [-0.3, -0.25) is 4.79 Å². The summed E-state index contributed by atoms with van der Waals surface area (Å²) in [6.45, 7) is 0. The van der Waals surface area contributed by atoms with Crippen LogP contribution in [0.25, 0.3) is 6.08 Å². The van der Waals surface area contributed by atoms with Gasteiger partial charge in [0.05, 0.1) is 15.7 Å². The highest BCUT2D eigenvalue weighted by Gasteiger charge is 2.14. The molecule has 0 atom stereocenters. The number of anilines is 1. The summed E-state index contributed by atoms with van der Waals surface area (Å²) >= 11 is 15.4. The average molecular weight is 396 g/mol. The van der Waals surface area contributed by atoms with Crippen molar-refractivity contribution in [3.63, 3.8) is 0 Å². The minimum absolute atomic E-state index is 0.0529. The van der Waals surface area contributed by atoms with Crippen molar-refractivity contribution in [3.05, 3.63) is 68.1 Å². The van der Waals surface area contributed by atoms with Gasteiger partial charge in [0.15, 0.2) is 0 Å². The quantitative estimate of drug-likeness (QED) is 0.566. The number of amides is 1. The van der Waals surface area contributed by atoms with Crippen molar-refractivity contribution in [2.24, 2.45) is 0 Å². The first-order valence-electron chi connectivity index (χ1n) is 6.14. The van der Waals surface area contributed by atoms with Gasteiger partial charge in [0.1, 0.15) is 11.6 Å². The predicted octanol–water partition coefficient (Wildman–Crippen LogP) is 5.30. The van der Waals surface area contributed by atoms with Crippen molar-refractivity contribution in [2.45, 2.75) is 0 Å². The molecule has 0 spiro atoms. The van der Waals surface area contributed by atoms with Crippen molar-refractivity contribution in [1.29, 1.82) is 5.26 Å². The number of halogens is 3. The SMILES string of the molecule is N#CC(=Cc1ccccc1Br)C(=O)Nc1c(Cl)cccc1Cl. The zero-order chi connectivity index (χ0) is 16.1. The van der Waals surface area contributed by atoms with Crippen LogP contribution in [0.3, 0.4) is 0 Å². The topological polar surface area (TPSA) is 52.9 Å². The smallest absolute Gasteiger partial charge is 0.266 e. The Balaban J connectivity index is 2.31. The maximum atomic E-state index is 12.2. The summed E-state index contributed by atoms with van der Waals surface area (Å²) in [4.78, 5) is 12.2. The molecule has 2 aromatic carbocycles. The van der Waals surface area contributed by atoms with E-state index in [1.54, 1.807) is 24.3 Å². The number of rotatable bonds is 3. The van der Waals surface area contributed by atoms with E-state index >= 15 is 0 Å². The molecular weight excluding hydrogens is 387 g/mol. The highest BCUT2D eigenvalue weighted by molar-refractivity contribution is 9.10. The normalized spacial score (nSPS) is 10.9. The van der Waals surface area contributed by atoms with E-state index in [0.29, 0.717) is 10.0 Å². The van der Waals surface area contributed by atoms with Crippen LogP contribution in [0.2, 0.25) is 10.0 Å². The van der Waals surface area contributed by atoms with Crippen LogP contribution >= 0.6 is 39.1 Å². The molecule has 1 N–H and O–H groups in total. The zero-order valence-electron chi connectivity index (χ0n) is 11.1. The molecule has 0 heterocycles. The molecule has 0 unspecified atom stereocenters. The van der Waals surface area contributed by atoms with Crippen molar-refractivity contribution in [3.8, 4) is 6.07 Å². The Morgan fingerprint density at radius 2 is 1.77 bits per heavy atom. The standard InChI is InChI=1S/C16H9BrCl2N2O/c17-12-5-2-1-4-10(12)8-11(9-20)16(22)21-15-13(18)6-3-7-14(15)19/h1-8H,(H,21,22). The van der Waals surface area contributed by atoms with Crippen molar-refractivity contribution in [2.75, 3.05) is 5.32 Å². The number of benzene rings is 2. The molecule has 0 saturated heterocycles. The minimum Gasteiger partial charge on any atom is -0.319 e. The Bertz CT molecular complexity index is 777. The second-order valence-electron chi connectivity index (χ2n) is 4.24. The highest BCUT2D eigenvalue weighted by Crippen LogP contribution is 2.30. The summed E-state index contributed by atoms with van der Waals surface area (Å²) in [5.74, 6) is -0.576. The first-order valence-corrected chi connectivity index (χ1v) is 7.69. The van der Waals surface area contributed by atoms with E-state index in [4.69, 9.17) is 23.2 Å². The number of carbonyl (C=O) groups is 1. The average Bonchev–Trinajstić information content (AvgIpc) is 2.50. The first kappa shape index (κ1) is 16.6. The number of para-hydroxylation sites is 1. The summed E-state index contributed by atoms with van der Waals surface area (Å²) in [5.41, 5.74) is 0.950. The van der Waals surface area contributed by atoms with E-state index in [-0.39, 0.29) is 11.3 Å². The van der Waals surface area contributed by atoms with E-state index in [1.807, 2.05) is 24.3 Å². The van der Waals surface area contributed by atoms with Crippen molar-refractivity contribution in [1.82, 2.24) is 0 Å². The van der Waals surface area contributed by atoms with Crippen LogP contribution in [0, 0.1) is 11.3 Å². The molecule has 2 rings (SSSR count). The van der Waals surface area contributed by atoms with Crippen LogP contribution in [-0.2, 0) is 4.79 Å². The lowest BCUT2D eigenvalue weighted by Crippen LogP contribution is -2.14. The molecule has 3 nitrogen and oxygen atoms in total. The van der Waals surface area contributed by atoms with Crippen LogP contribution in [-0.4, -0.2) is 5.91 Å². The Kier molecular flexibility index (Phi) is 5.62. The van der Waals surface area contributed by atoms with E-state index < -0.39 is 5.91 Å². The third kappa shape index (κ3) is 3.89. The molecule has 0 aromatic heterocycles. The fraction of sp³-hybridized carbons (Fsp3) is 0. The molecule has 0 saturated carbocycles. The first-order chi connectivity index (χ1) is 10.5. The van der Waals surface area contributed by atoms with Crippen LogP contribution in [0.1, 0.15) is 5.56 Å². The lowest BCUT2D eigenvalue weighted by atomic mass is 10.1. The largest absolute Gasteiger partial charge is 0.319 e. The van der Waals surface area contributed by atoms with Gasteiger partial charge in [0.25, 0.3) is 5.91 Å². The molecule has 1 amide bonds. The van der Waals surface area contributed by atoms with Gasteiger partial charge in [-0.2, -0.15) is 5.26 Å². The number of hydrogen-bond donors (Lipinski definition) is 1. The monoisotopic (exact) mass is 394 g/mol. The zero-order valence-corrected chi connectivity index (χ0v) is 14.2. The van der Waals surface area contributed by atoms with E-state index in [0.717, 1.165) is 10.0 Å². The van der Waals surface area contributed by atoms with Crippen LogP contribution in [0.15, 0.2) is 52.5 Å². The highest BCUT2D eigenvalue weighted by atomic mass is 79.9. The van der Waals surface area contributed by atoms with Gasteiger partial charge >= 0.3 is 0 Å².